The molecule has 0 atom stereocenters. The van der Waals surface area contributed by atoms with Gasteiger partial charge in [0.1, 0.15) is 11.3 Å². The SMILES string of the molecule is C/C=C\C(=C/C)c1ccc2nc(-c3cccnc3N)n(-c3ccc(C)cc3)c2n1.CC. The zero-order valence-corrected chi connectivity index (χ0v) is 18.8. The summed E-state index contributed by atoms with van der Waals surface area (Å²) >= 11 is 0. The van der Waals surface area contributed by atoms with E-state index in [2.05, 4.69) is 52.9 Å². The molecule has 0 saturated carbocycles. The van der Waals surface area contributed by atoms with Crippen molar-refractivity contribution in [3.05, 3.63) is 84.2 Å². The summed E-state index contributed by atoms with van der Waals surface area (Å²) in [5, 5.41) is 0. The number of hydrogen-bond acceptors (Lipinski definition) is 4. The second-order valence-electron chi connectivity index (χ2n) is 6.83. The molecule has 4 aromatic rings. The van der Waals surface area contributed by atoms with Gasteiger partial charge < -0.3 is 5.73 Å². The molecule has 5 nitrogen and oxygen atoms in total. The summed E-state index contributed by atoms with van der Waals surface area (Å²) < 4.78 is 2.05. The lowest BCUT2D eigenvalue weighted by molar-refractivity contribution is 1.07. The molecule has 0 amide bonds. The number of imidazole rings is 1. The van der Waals surface area contributed by atoms with E-state index in [0.717, 1.165) is 39.5 Å². The monoisotopic (exact) mass is 411 g/mol. The number of anilines is 1. The van der Waals surface area contributed by atoms with Gasteiger partial charge in [0.15, 0.2) is 11.5 Å². The minimum absolute atomic E-state index is 0.444. The Morgan fingerprint density at radius 2 is 1.71 bits per heavy atom. The van der Waals surface area contributed by atoms with E-state index in [1.54, 1.807) is 6.20 Å². The highest BCUT2D eigenvalue weighted by molar-refractivity contribution is 5.85. The lowest BCUT2D eigenvalue weighted by Crippen LogP contribution is -2.02. The lowest BCUT2D eigenvalue weighted by atomic mass is 10.1. The van der Waals surface area contributed by atoms with E-state index in [9.17, 15) is 0 Å². The van der Waals surface area contributed by atoms with Gasteiger partial charge in [0, 0.05) is 11.9 Å². The average Bonchev–Trinajstić information content (AvgIpc) is 3.18. The summed E-state index contributed by atoms with van der Waals surface area (Å²) in [6.45, 7) is 10.1. The van der Waals surface area contributed by atoms with Crippen LogP contribution in [-0.2, 0) is 0 Å². The Balaban J connectivity index is 0.00000132. The van der Waals surface area contributed by atoms with Crippen molar-refractivity contribution in [3.8, 4) is 17.1 Å². The van der Waals surface area contributed by atoms with E-state index in [1.165, 1.54) is 5.56 Å². The van der Waals surface area contributed by atoms with Crippen molar-refractivity contribution >= 4 is 22.6 Å². The van der Waals surface area contributed by atoms with Crippen LogP contribution < -0.4 is 5.73 Å². The van der Waals surface area contributed by atoms with Crippen LogP contribution in [0.3, 0.4) is 0 Å². The van der Waals surface area contributed by atoms with Crippen LogP contribution in [0.1, 0.15) is 39.0 Å². The molecule has 2 N–H and O–H groups in total. The molecular weight excluding hydrogens is 382 g/mol. The highest BCUT2D eigenvalue weighted by Gasteiger charge is 2.18. The zero-order valence-electron chi connectivity index (χ0n) is 18.8. The number of aromatic nitrogens is 4. The molecule has 5 heteroatoms. The van der Waals surface area contributed by atoms with Crippen molar-refractivity contribution < 1.29 is 0 Å². The standard InChI is InChI=1S/C24H23N5.C2H6/c1-4-7-17(5-2)20-13-14-21-24(27-20)29(18-11-9-16(3)10-12-18)23(28-21)19-8-6-15-26-22(19)25;1-2/h4-15H,1-3H3,(H2,25,26);1-2H3/b7-4-,17-5+;. The molecule has 0 bridgehead atoms. The number of rotatable bonds is 4. The fraction of sp³-hybridized carbons (Fsp3) is 0.192. The molecule has 0 saturated heterocycles. The van der Waals surface area contributed by atoms with Crippen LogP contribution in [0.2, 0.25) is 0 Å². The summed E-state index contributed by atoms with van der Waals surface area (Å²) in [5.74, 6) is 1.17. The van der Waals surface area contributed by atoms with Gasteiger partial charge in [-0.25, -0.2) is 15.0 Å². The predicted molar refractivity (Wildman–Crippen MR) is 131 cm³/mol. The van der Waals surface area contributed by atoms with Crippen molar-refractivity contribution in [1.29, 1.82) is 0 Å². The minimum atomic E-state index is 0.444. The van der Waals surface area contributed by atoms with Gasteiger partial charge in [0.05, 0.1) is 11.3 Å². The third-order valence-corrected chi connectivity index (χ3v) is 4.83. The van der Waals surface area contributed by atoms with Gasteiger partial charge >= 0.3 is 0 Å². The molecule has 1 aromatic carbocycles. The van der Waals surface area contributed by atoms with E-state index in [1.807, 2.05) is 58.0 Å². The summed E-state index contributed by atoms with van der Waals surface area (Å²) in [6, 6.07) is 16.1. The third kappa shape index (κ3) is 4.40. The second-order valence-corrected chi connectivity index (χ2v) is 6.83. The molecule has 0 spiro atoms. The number of nitrogens with zero attached hydrogens (tertiary/aromatic N) is 4. The first kappa shape index (κ1) is 22.0. The molecule has 3 heterocycles. The maximum atomic E-state index is 6.18. The lowest BCUT2D eigenvalue weighted by Gasteiger charge is -2.11. The molecular formula is C26H29N5. The first-order valence-corrected chi connectivity index (χ1v) is 10.6. The van der Waals surface area contributed by atoms with Crippen molar-refractivity contribution in [2.45, 2.75) is 34.6 Å². The van der Waals surface area contributed by atoms with Gasteiger partial charge in [-0.3, -0.25) is 4.57 Å². The fourth-order valence-electron chi connectivity index (χ4n) is 3.35. The van der Waals surface area contributed by atoms with Crippen molar-refractivity contribution in [2.24, 2.45) is 0 Å². The maximum Gasteiger partial charge on any atom is 0.165 e. The minimum Gasteiger partial charge on any atom is -0.383 e. The molecule has 0 radical (unpaired) electrons. The molecule has 0 aliphatic carbocycles. The molecule has 3 aromatic heterocycles. The van der Waals surface area contributed by atoms with Crippen molar-refractivity contribution in [2.75, 3.05) is 5.73 Å². The van der Waals surface area contributed by atoms with E-state index < -0.39 is 0 Å². The number of fused-ring (bicyclic) bond motifs is 1. The Kier molecular flexibility index (Phi) is 6.98. The van der Waals surface area contributed by atoms with Crippen LogP contribution >= 0.6 is 0 Å². The van der Waals surface area contributed by atoms with Crippen molar-refractivity contribution in [1.82, 2.24) is 19.5 Å². The highest BCUT2D eigenvalue weighted by atomic mass is 15.1. The Labute approximate surface area is 184 Å². The Bertz CT molecular complexity index is 1230. The average molecular weight is 412 g/mol. The summed E-state index contributed by atoms with van der Waals surface area (Å²) in [6.07, 6.45) is 7.81. The van der Waals surface area contributed by atoms with Gasteiger partial charge in [-0.05, 0) is 62.7 Å². The molecule has 0 aliphatic rings. The molecule has 4 rings (SSSR count). The topological polar surface area (TPSA) is 69.6 Å². The fourth-order valence-corrected chi connectivity index (χ4v) is 3.35. The number of allylic oxidation sites excluding steroid dienone is 4. The van der Waals surface area contributed by atoms with Crippen LogP contribution in [0, 0.1) is 6.92 Å². The largest absolute Gasteiger partial charge is 0.383 e. The molecule has 0 unspecified atom stereocenters. The Morgan fingerprint density at radius 1 is 0.968 bits per heavy atom. The molecule has 31 heavy (non-hydrogen) atoms. The number of nitrogens with two attached hydrogens (primary N) is 1. The maximum absolute atomic E-state index is 6.18. The zero-order chi connectivity index (χ0) is 22.4. The first-order valence-electron chi connectivity index (χ1n) is 10.6. The number of aryl methyl sites for hydroxylation is 1. The molecule has 0 fully saturated rings. The molecule has 158 valence electrons. The van der Waals surface area contributed by atoms with Crippen LogP contribution in [0.4, 0.5) is 5.82 Å². The highest BCUT2D eigenvalue weighted by Crippen LogP contribution is 2.31. The number of benzene rings is 1. The quantitative estimate of drug-likeness (QED) is 0.396. The van der Waals surface area contributed by atoms with Gasteiger partial charge in [0.2, 0.25) is 0 Å². The van der Waals surface area contributed by atoms with Crippen LogP contribution in [0.15, 0.2) is 73.0 Å². The predicted octanol–water partition coefficient (Wildman–Crippen LogP) is 6.38. The summed E-state index contributed by atoms with van der Waals surface area (Å²) in [4.78, 5) is 14.1. The number of nitrogen functional groups attached to an aromatic ring is 1. The number of pyridine rings is 2. The van der Waals surface area contributed by atoms with Gasteiger partial charge in [0.25, 0.3) is 0 Å². The van der Waals surface area contributed by atoms with E-state index in [0.29, 0.717) is 5.82 Å². The normalized spacial score (nSPS) is 11.6. The molecule has 0 aliphatic heterocycles. The first-order chi connectivity index (χ1) is 15.1. The number of hydrogen-bond donors (Lipinski definition) is 1. The smallest absolute Gasteiger partial charge is 0.165 e. The van der Waals surface area contributed by atoms with Crippen LogP contribution in [-0.4, -0.2) is 19.5 Å². The van der Waals surface area contributed by atoms with Crippen molar-refractivity contribution in [3.63, 3.8) is 0 Å². The summed E-state index contributed by atoms with van der Waals surface area (Å²) in [5.41, 5.74) is 12.7. The van der Waals surface area contributed by atoms with E-state index in [4.69, 9.17) is 15.7 Å². The third-order valence-electron chi connectivity index (χ3n) is 4.83. The van der Waals surface area contributed by atoms with Crippen LogP contribution in [0.5, 0.6) is 0 Å². The van der Waals surface area contributed by atoms with E-state index in [-0.39, 0.29) is 0 Å². The van der Waals surface area contributed by atoms with Gasteiger partial charge in [-0.2, -0.15) is 0 Å². The van der Waals surface area contributed by atoms with Gasteiger partial charge in [-0.15, -0.1) is 0 Å². The Hall–Kier alpha value is -3.73. The van der Waals surface area contributed by atoms with Crippen LogP contribution in [0.25, 0.3) is 33.8 Å². The van der Waals surface area contributed by atoms with Gasteiger partial charge in [-0.1, -0.05) is 49.8 Å². The second kappa shape index (κ2) is 9.85. The summed E-state index contributed by atoms with van der Waals surface area (Å²) in [7, 11) is 0. The van der Waals surface area contributed by atoms with E-state index >= 15 is 0 Å². The Morgan fingerprint density at radius 3 is 2.35 bits per heavy atom.